The van der Waals surface area contributed by atoms with Gasteiger partial charge < -0.3 is 10.4 Å². The summed E-state index contributed by atoms with van der Waals surface area (Å²) in [6, 6.07) is 2.03. The lowest BCUT2D eigenvalue weighted by Crippen LogP contribution is -2.30. The third-order valence-corrected chi connectivity index (χ3v) is 4.52. The summed E-state index contributed by atoms with van der Waals surface area (Å²) >= 11 is 3.44. The SMILES string of the molecule is Cc1cc(NCC2(CO)CCCC2)ncc1Br. The van der Waals surface area contributed by atoms with Gasteiger partial charge in [0.1, 0.15) is 5.82 Å². The fourth-order valence-corrected chi connectivity index (χ4v) is 2.65. The molecule has 0 spiro atoms. The first kappa shape index (κ1) is 12.8. The van der Waals surface area contributed by atoms with Crippen LogP contribution in [0.1, 0.15) is 31.2 Å². The number of hydrogen-bond acceptors (Lipinski definition) is 3. The molecule has 2 N–H and O–H groups in total. The van der Waals surface area contributed by atoms with Gasteiger partial charge in [-0.05, 0) is 47.3 Å². The van der Waals surface area contributed by atoms with Crippen LogP contribution in [0.2, 0.25) is 0 Å². The summed E-state index contributed by atoms with van der Waals surface area (Å²) in [5.74, 6) is 0.894. The average Bonchev–Trinajstić information content (AvgIpc) is 2.80. The maximum absolute atomic E-state index is 9.53. The number of pyridine rings is 1. The van der Waals surface area contributed by atoms with Crippen LogP contribution in [0.4, 0.5) is 5.82 Å². The lowest BCUT2D eigenvalue weighted by Gasteiger charge is -2.26. The maximum atomic E-state index is 9.53. The maximum Gasteiger partial charge on any atom is 0.126 e. The second kappa shape index (κ2) is 5.36. The summed E-state index contributed by atoms with van der Waals surface area (Å²) in [6.07, 6.45) is 6.51. The Morgan fingerprint density at radius 1 is 1.47 bits per heavy atom. The molecule has 0 unspecified atom stereocenters. The van der Waals surface area contributed by atoms with Gasteiger partial charge in [-0.15, -0.1) is 0 Å². The lowest BCUT2D eigenvalue weighted by atomic mass is 9.87. The van der Waals surface area contributed by atoms with E-state index in [1.165, 1.54) is 18.4 Å². The van der Waals surface area contributed by atoms with Crippen LogP contribution in [0.25, 0.3) is 0 Å². The van der Waals surface area contributed by atoms with E-state index in [4.69, 9.17) is 0 Å². The largest absolute Gasteiger partial charge is 0.396 e. The Morgan fingerprint density at radius 3 is 2.76 bits per heavy atom. The first-order chi connectivity index (χ1) is 8.15. The number of aliphatic hydroxyl groups excluding tert-OH is 1. The van der Waals surface area contributed by atoms with Crippen molar-refractivity contribution in [2.75, 3.05) is 18.5 Å². The van der Waals surface area contributed by atoms with E-state index in [2.05, 4.69) is 26.2 Å². The Bertz CT molecular complexity index is 389. The van der Waals surface area contributed by atoms with Gasteiger partial charge >= 0.3 is 0 Å². The third-order valence-electron chi connectivity index (χ3n) is 3.69. The van der Waals surface area contributed by atoms with Crippen LogP contribution in [0.5, 0.6) is 0 Å². The Morgan fingerprint density at radius 2 is 2.18 bits per heavy atom. The second-order valence-corrected chi connectivity index (χ2v) is 5.89. The third kappa shape index (κ3) is 2.99. The Labute approximate surface area is 111 Å². The highest BCUT2D eigenvalue weighted by Gasteiger charge is 2.32. The molecule has 1 heterocycles. The molecule has 1 aliphatic rings. The number of aromatic nitrogens is 1. The summed E-state index contributed by atoms with van der Waals surface area (Å²) in [5.41, 5.74) is 1.25. The molecule has 1 aromatic heterocycles. The van der Waals surface area contributed by atoms with Crippen molar-refractivity contribution in [3.8, 4) is 0 Å². The molecule has 0 bridgehead atoms. The van der Waals surface area contributed by atoms with E-state index < -0.39 is 0 Å². The number of anilines is 1. The molecule has 0 aromatic carbocycles. The molecular weight excluding hydrogens is 280 g/mol. The van der Waals surface area contributed by atoms with E-state index in [0.29, 0.717) is 0 Å². The van der Waals surface area contributed by atoms with Gasteiger partial charge in [-0.25, -0.2) is 4.98 Å². The molecule has 0 atom stereocenters. The van der Waals surface area contributed by atoms with E-state index in [0.717, 1.165) is 29.7 Å². The minimum Gasteiger partial charge on any atom is -0.396 e. The van der Waals surface area contributed by atoms with Crippen LogP contribution in [0, 0.1) is 12.3 Å². The fraction of sp³-hybridized carbons (Fsp3) is 0.615. The molecule has 1 fully saturated rings. The minimum atomic E-state index is 0.0721. The van der Waals surface area contributed by atoms with Crippen LogP contribution in [-0.4, -0.2) is 23.2 Å². The van der Waals surface area contributed by atoms with Gasteiger partial charge in [-0.2, -0.15) is 0 Å². The molecule has 4 heteroatoms. The first-order valence-corrected chi connectivity index (χ1v) is 6.91. The predicted octanol–water partition coefficient (Wildman–Crippen LogP) is 3.12. The zero-order valence-corrected chi connectivity index (χ0v) is 11.8. The van der Waals surface area contributed by atoms with Crippen molar-refractivity contribution in [3.05, 3.63) is 22.3 Å². The summed E-state index contributed by atoms with van der Waals surface area (Å²) < 4.78 is 1.03. The standard InChI is InChI=1S/C13H19BrN2O/c1-10-6-12(15-7-11(10)14)16-8-13(9-17)4-2-3-5-13/h6-7,17H,2-5,8-9H2,1H3,(H,15,16). The van der Waals surface area contributed by atoms with Gasteiger partial charge in [0.2, 0.25) is 0 Å². The van der Waals surface area contributed by atoms with Crippen molar-refractivity contribution >= 4 is 21.7 Å². The molecular formula is C13H19BrN2O. The van der Waals surface area contributed by atoms with Gasteiger partial charge in [-0.1, -0.05) is 12.8 Å². The highest BCUT2D eigenvalue weighted by Crippen LogP contribution is 2.37. The van der Waals surface area contributed by atoms with Gasteiger partial charge in [0, 0.05) is 22.6 Å². The van der Waals surface area contributed by atoms with E-state index in [-0.39, 0.29) is 12.0 Å². The van der Waals surface area contributed by atoms with E-state index >= 15 is 0 Å². The molecule has 1 aromatic rings. The lowest BCUT2D eigenvalue weighted by molar-refractivity contribution is 0.142. The van der Waals surface area contributed by atoms with Crippen molar-refractivity contribution in [3.63, 3.8) is 0 Å². The molecule has 0 radical (unpaired) electrons. The summed E-state index contributed by atoms with van der Waals surface area (Å²) in [4.78, 5) is 4.33. The molecule has 3 nitrogen and oxygen atoms in total. The van der Waals surface area contributed by atoms with Crippen molar-refractivity contribution in [1.82, 2.24) is 4.98 Å². The van der Waals surface area contributed by atoms with E-state index in [1.54, 1.807) is 0 Å². The average molecular weight is 299 g/mol. The molecule has 0 aliphatic heterocycles. The van der Waals surface area contributed by atoms with Gasteiger partial charge in [0.25, 0.3) is 0 Å². The second-order valence-electron chi connectivity index (χ2n) is 5.04. The van der Waals surface area contributed by atoms with Crippen LogP contribution >= 0.6 is 15.9 Å². The van der Waals surface area contributed by atoms with Crippen LogP contribution < -0.4 is 5.32 Å². The number of hydrogen-bond donors (Lipinski definition) is 2. The number of nitrogens with one attached hydrogen (secondary N) is 1. The molecule has 94 valence electrons. The van der Waals surface area contributed by atoms with Gasteiger partial charge in [0.15, 0.2) is 0 Å². The summed E-state index contributed by atoms with van der Waals surface area (Å²) in [7, 11) is 0. The van der Waals surface area contributed by atoms with Crippen LogP contribution in [0.15, 0.2) is 16.7 Å². The number of nitrogens with zero attached hydrogens (tertiary/aromatic N) is 1. The first-order valence-electron chi connectivity index (χ1n) is 6.12. The normalized spacial score (nSPS) is 18.3. The zero-order valence-electron chi connectivity index (χ0n) is 10.2. The Hall–Kier alpha value is -0.610. The fourth-order valence-electron chi connectivity index (χ4n) is 2.43. The highest BCUT2D eigenvalue weighted by molar-refractivity contribution is 9.10. The minimum absolute atomic E-state index is 0.0721. The molecule has 0 saturated heterocycles. The number of aryl methyl sites for hydroxylation is 1. The quantitative estimate of drug-likeness (QED) is 0.898. The Balaban J connectivity index is 1.99. The number of aliphatic hydroxyl groups is 1. The smallest absolute Gasteiger partial charge is 0.126 e. The molecule has 2 rings (SSSR count). The summed E-state index contributed by atoms with van der Waals surface area (Å²) in [6.45, 7) is 3.14. The predicted molar refractivity (Wildman–Crippen MR) is 73.2 cm³/mol. The van der Waals surface area contributed by atoms with Crippen molar-refractivity contribution in [2.24, 2.45) is 5.41 Å². The zero-order chi connectivity index (χ0) is 12.3. The summed E-state index contributed by atoms with van der Waals surface area (Å²) in [5, 5.41) is 12.9. The highest BCUT2D eigenvalue weighted by atomic mass is 79.9. The van der Waals surface area contributed by atoms with Crippen molar-refractivity contribution in [2.45, 2.75) is 32.6 Å². The van der Waals surface area contributed by atoms with Gasteiger partial charge in [-0.3, -0.25) is 0 Å². The Kier molecular flexibility index (Phi) is 4.05. The van der Waals surface area contributed by atoms with Crippen LogP contribution in [0.3, 0.4) is 0 Å². The monoisotopic (exact) mass is 298 g/mol. The molecule has 17 heavy (non-hydrogen) atoms. The number of rotatable bonds is 4. The molecule has 0 amide bonds. The van der Waals surface area contributed by atoms with Crippen molar-refractivity contribution < 1.29 is 5.11 Å². The van der Waals surface area contributed by atoms with Gasteiger partial charge in [0.05, 0.1) is 6.61 Å². The van der Waals surface area contributed by atoms with E-state index in [1.807, 2.05) is 19.2 Å². The van der Waals surface area contributed by atoms with E-state index in [9.17, 15) is 5.11 Å². The van der Waals surface area contributed by atoms with Crippen molar-refractivity contribution in [1.29, 1.82) is 0 Å². The topological polar surface area (TPSA) is 45.1 Å². The van der Waals surface area contributed by atoms with Crippen LogP contribution in [-0.2, 0) is 0 Å². The number of halogens is 1. The molecule has 1 aliphatic carbocycles. The molecule has 1 saturated carbocycles.